The minimum Gasteiger partial charge on any atom is -0.444 e. The maximum atomic E-state index is 13.5. The van der Waals surface area contributed by atoms with Gasteiger partial charge in [0.05, 0.1) is 0 Å². The van der Waals surface area contributed by atoms with Crippen molar-refractivity contribution in [3.8, 4) is 0 Å². The Balaban J connectivity index is 1.84. The second-order valence-corrected chi connectivity index (χ2v) is 9.99. The molecule has 37 heavy (non-hydrogen) atoms. The largest absolute Gasteiger partial charge is 0.444 e. The van der Waals surface area contributed by atoms with E-state index in [1.165, 1.54) is 5.38 Å². The predicted molar refractivity (Wildman–Crippen MR) is 140 cm³/mol. The molecule has 0 radical (unpaired) electrons. The van der Waals surface area contributed by atoms with Gasteiger partial charge < -0.3 is 26.4 Å². The highest BCUT2D eigenvalue weighted by molar-refractivity contribution is 7.14. The van der Waals surface area contributed by atoms with E-state index in [1.807, 2.05) is 30.3 Å². The Bertz CT molecular complexity index is 1240. The summed E-state index contributed by atoms with van der Waals surface area (Å²) in [5, 5.41) is 9.56. The van der Waals surface area contributed by atoms with Crippen LogP contribution in [0.15, 0.2) is 66.0 Å². The van der Waals surface area contributed by atoms with Gasteiger partial charge in [0.25, 0.3) is 5.91 Å². The van der Waals surface area contributed by atoms with Crippen LogP contribution in [0.25, 0.3) is 0 Å². The zero-order chi connectivity index (χ0) is 27.0. The molecule has 194 valence electrons. The molecule has 0 aliphatic heterocycles. The fraction of sp³-hybridized carbons (Fsp3) is 0.269. The molecule has 1 heterocycles. The number of aromatic nitrogens is 1. The van der Waals surface area contributed by atoms with Crippen LogP contribution in [0.3, 0.4) is 0 Å². The van der Waals surface area contributed by atoms with Crippen molar-refractivity contribution in [2.24, 2.45) is 5.73 Å². The van der Waals surface area contributed by atoms with Gasteiger partial charge in [-0.2, -0.15) is 0 Å². The molecule has 4 amide bonds. The minimum atomic E-state index is -1.12. The van der Waals surface area contributed by atoms with Gasteiger partial charge in [-0.25, -0.2) is 9.78 Å². The van der Waals surface area contributed by atoms with Gasteiger partial charge in [-0.15, -0.1) is 11.3 Å². The van der Waals surface area contributed by atoms with Gasteiger partial charge in [0.2, 0.25) is 11.8 Å². The maximum absolute atomic E-state index is 13.5. The van der Waals surface area contributed by atoms with Crippen LogP contribution in [0.2, 0.25) is 0 Å². The first kappa shape index (κ1) is 27.3. The first-order chi connectivity index (χ1) is 17.5. The number of benzene rings is 2. The lowest BCUT2D eigenvalue weighted by molar-refractivity contribution is -0.128. The number of thiazole rings is 1. The molecule has 10 nitrogen and oxygen atoms in total. The van der Waals surface area contributed by atoms with Crippen molar-refractivity contribution < 1.29 is 23.9 Å². The molecule has 0 aliphatic carbocycles. The van der Waals surface area contributed by atoms with E-state index in [1.54, 1.807) is 51.1 Å². The Kier molecular flexibility index (Phi) is 8.96. The van der Waals surface area contributed by atoms with Gasteiger partial charge >= 0.3 is 6.09 Å². The number of hydrogen-bond acceptors (Lipinski definition) is 7. The van der Waals surface area contributed by atoms with E-state index in [-0.39, 0.29) is 17.2 Å². The molecule has 0 aliphatic rings. The molecule has 1 aromatic heterocycles. The molecule has 2 aromatic carbocycles. The number of rotatable bonds is 9. The van der Waals surface area contributed by atoms with Crippen LogP contribution in [-0.2, 0) is 20.7 Å². The Morgan fingerprint density at radius 1 is 0.946 bits per heavy atom. The molecule has 0 saturated heterocycles. The molecular formula is C26H29N5O5S. The van der Waals surface area contributed by atoms with E-state index in [4.69, 9.17) is 10.5 Å². The number of amides is 4. The molecule has 3 aromatic rings. The predicted octanol–water partition coefficient (Wildman–Crippen LogP) is 3.17. The molecule has 2 atom stereocenters. The Morgan fingerprint density at radius 2 is 1.57 bits per heavy atom. The van der Waals surface area contributed by atoms with Crippen molar-refractivity contribution in [2.45, 2.75) is 44.9 Å². The summed E-state index contributed by atoms with van der Waals surface area (Å²) in [6, 6.07) is 15.6. The number of nitrogens with zero attached hydrogens (tertiary/aromatic N) is 1. The number of ether oxygens (including phenoxy) is 1. The summed E-state index contributed by atoms with van der Waals surface area (Å²) in [5.74, 6) is -1.87. The molecular weight excluding hydrogens is 494 g/mol. The first-order valence-corrected chi connectivity index (χ1v) is 12.3. The molecule has 0 bridgehead atoms. The van der Waals surface area contributed by atoms with E-state index in [0.29, 0.717) is 5.56 Å². The van der Waals surface area contributed by atoms with Crippen LogP contribution in [0, 0.1) is 0 Å². The molecule has 5 N–H and O–H groups in total. The Morgan fingerprint density at radius 3 is 2.14 bits per heavy atom. The Labute approximate surface area is 218 Å². The third-order valence-corrected chi connectivity index (χ3v) is 5.72. The lowest BCUT2D eigenvalue weighted by Gasteiger charge is -2.25. The third kappa shape index (κ3) is 8.43. The fourth-order valence-corrected chi connectivity index (χ4v) is 4.02. The minimum absolute atomic E-state index is 0.0228. The smallest absolute Gasteiger partial charge is 0.408 e. The second-order valence-electron chi connectivity index (χ2n) is 9.13. The van der Waals surface area contributed by atoms with Crippen LogP contribution >= 0.6 is 11.3 Å². The van der Waals surface area contributed by atoms with E-state index in [9.17, 15) is 19.2 Å². The molecule has 0 saturated carbocycles. The van der Waals surface area contributed by atoms with E-state index >= 15 is 0 Å². The zero-order valence-electron chi connectivity index (χ0n) is 20.7. The molecule has 1 unspecified atom stereocenters. The number of hydrogen-bond donors (Lipinski definition) is 4. The lowest BCUT2D eigenvalue weighted by atomic mass is 10.0. The number of anilines is 1. The van der Waals surface area contributed by atoms with Crippen molar-refractivity contribution in [2.75, 3.05) is 5.32 Å². The SMILES string of the molecule is CC(C)(C)OC(=O)NC(C(=O)N[C@@H](Cc1ccccc1)C(=O)Nc1nc(C(N)=O)cs1)c1ccccc1. The quantitative estimate of drug-likeness (QED) is 0.338. The van der Waals surface area contributed by atoms with E-state index < -0.39 is 41.5 Å². The van der Waals surface area contributed by atoms with E-state index in [0.717, 1.165) is 16.9 Å². The van der Waals surface area contributed by atoms with Gasteiger partial charge in [0.15, 0.2) is 5.13 Å². The topological polar surface area (TPSA) is 153 Å². The highest BCUT2D eigenvalue weighted by Crippen LogP contribution is 2.18. The van der Waals surface area contributed by atoms with Crippen molar-refractivity contribution in [1.29, 1.82) is 0 Å². The standard InChI is InChI=1S/C26H29N5O5S/c1-26(2,3)36-25(35)30-20(17-12-8-5-9-13-17)23(34)28-18(14-16-10-6-4-7-11-16)22(33)31-24-29-19(15-37-24)21(27)32/h4-13,15,18,20H,14H2,1-3H3,(H2,27,32)(H,28,34)(H,30,35)(H,29,31,33)/t18-,20?/m0/s1. The van der Waals surface area contributed by atoms with Gasteiger partial charge in [-0.05, 0) is 31.9 Å². The molecule has 0 spiro atoms. The highest BCUT2D eigenvalue weighted by Gasteiger charge is 2.30. The normalized spacial score (nSPS) is 12.6. The average molecular weight is 524 g/mol. The number of primary amides is 1. The van der Waals surface area contributed by atoms with Crippen LogP contribution < -0.4 is 21.7 Å². The Hall–Kier alpha value is -4.25. The number of alkyl carbamates (subject to hydrolysis) is 1. The van der Waals surface area contributed by atoms with E-state index in [2.05, 4.69) is 20.9 Å². The first-order valence-electron chi connectivity index (χ1n) is 11.5. The monoisotopic (exact) mass is 523 g/mol. The molecule has 11 heteroatoms. The van der Waals surface area contributed by atoms with Crippen molar-refractivity contribution in [3.05, 3.63) is 82.9 Å². The van der Waals surface area contributed by atoms with Crippen molar-refractivity contribution in [3.63, 3.8) is 0 Å². The summed E-state index contributed by atoms with van der Waals surface area (Å²) in [6.07, 6.45) is -0.609. The van der Waals surface area contributed by atoms with Crippen LogP contribution in [-0.4, -0.2) is 40.4 Å². The second kappa shape index (κ2) is 12.1. The number of carbonyl (C=O) groups excluding carboxylic acids is 4. The van der Waals surface area contributed by atoms with Gasteiger partial charge in [0.1, 0.15) is 23.4 Å². The van der Waals surface area contributed by atoms with Gasteiger partial charge in [0, 0.05) is 11.8 Å². The van der Waals surface area contributed by atoms with Crippen LogP contribution in [0.5, 0.6) is 0 Å². The summed E-state index contributed by atoms with van der Waals surface area (Å²) in [6.45, 7) is 5.14. The number of nitrogens with one attached hydrogen (secondary N) is 3. The average Bonchev–Trinajstić information content (AvgIpc) is 3.31. The van der Waals surface area contributed by atoms with Crippen LogP contribution in [0.4, 0.5) is 9.93 Å². The third-order valence-electron chi connectivity index (χ3n) is 4.96. The highest BCUT2D eigenvalue weighted by atomic mass is 32.1. The number of carbonyl (C=O) groups is 4. The van der Waals surface area contributed by atoms with Gasteiger partial charge in [-0.1, -0.05) is 60.7 Å². The van der Waals surface area contributed by atoms with Crippen molar-refractivity contribution in [1.82, 2.24) is 15.6 Å². The summed E-state index contributed by atoms with van der Waals surface area (Å²) >= 11 is 1.04. The van der Waals surface area contributed by atoms with Crippen molar-refractivity contribution >= 4 is 40.3 Å². The summed E-state index contributed by atoms with van der Waals surface area (Å²) in [5.41, 5.74) is 5.81. The summed E-state index contributed by atoms with van der Waals surface area (Å²) in [7, 11) is 0. The number of nitrogens with two attached hydrogens (primary N) is 1. The lowest BCUT2D eigenvalue weighted by Crippen LogP contribution is -2.50. The fourth-order valence-electron chi connectivity index (χ4n) is 3.32. The molecule has 3 rings (SSSR count). The molecule has 0 fully saturated rings. The summed E-state index contributed by atoms with van der Waals surface area (Å²) in [4.78, 5) is 54.5. The maximum Gasteiger partial charge on any atom is 0.408 e. The van der Waals surface area contributed by atoms with Crippen LogP contribution in [0.1, 0.15) is 48.4 Å². The van der Waals surface area contributed by atoms with Gasteiger partial charge in [-0.3, -0.25) is 14.4 Å². The zero-order valence-corrected chi connectivity index (χ0v) is 21.5. The summed E-state index contributed by atoms with van der Waals surface area (Å²) < 4.78 is 5.33.